The van der Waals surface area contributed by atoms with E-state index in [0.717, 1.165) is 6.07 Å². The van der Waals surface area contributed by atoms with Crippen molar-refractivity contribution < 1.29 is 18.0 Å². The van der Waals surface area contributed by atoms with E-state index in [-0.39, 0.29) is 36.5 Å². The highest BCUT2D eigenvalue weighted by Gasteiger charge is 2.42. The summed E-state index contributed by atoms with van der Waals surface area (Å²) in [7, 11) is 0. The lowest BCUT2D eigenvalue weighted by Crippen LogP contribution is -2.47. The van der Waals surface area contributed by atoms with Crippen LogP contribution >= 0.6 is 0 Å². The number of halogens is 3. The van der Waals surface area contributed by atoms with Crippen LogP contribution in [-0.2, 0) is 0 Å². The molecule has 0 bridgehead atoms. The minimum absolute atomic E-state index is 0.0364. The summed E-state index contributed by atoms with van der Waals surface area (Å²) in [5.74, 6) is -4.82. The van der Waals surface area contributed by atoms with E-state index in [1.165, 1.54) is 19.1 Å². The highest BCUT2D eigenvalue weighted by molar-refractivity contribution is 5.98. The molecule has 1 saturated heterocycles. The van der Waals surface area contributed by atoms with Crippen molar-refractivity contribution in [2.45, 2.75) is 19.3 Å². The van der Waals surface area contributed by atoms with Crippen LogP contribution in [0.4, 0.5) is 19.0 Å². The van der Waals surface area contributed by atoms with Crippen molar-refractivity contribution in [3.05, 3.63) is 29.7 Å². The highest BCUT2D eigenvalue weighted by atomic mass is 19.3. The second kappa shape index (κ2) is 5.36. The Morgan fingerprint density at radius 2 is 2.09 bits per heavy atom. The van der Waals surface area contributed by atoms with E-state index < -0.39 is 23.6 Å². The maximum absolute atomic E-state index is 13.6. The van der Waals surface area contributed by atoms with Gasteiger partial charge in [-0.2, -0.15) is 0 Å². The molecule has 1 aromatic carbocycles. The molecule has 23 heavy (non-hydrogen) atoms. The van der Waals surface area contributed by atoms with Crippen molar-refractivity contribution in [3.8, 4) is 0 Å². The molecule has 2 aromatic rings. The molecule has 122 valence electrons. The molecule has 1 aliphatic rings. The number of benzene rings is 1. The number of hydrogen-bond acceptors (Lipinski definition) is 4. The van der Waals surface area contributed by atoms with Gasteiger partial charge in [-0.05, 0) is 12.1 Å². The molecule has 1 unspecified atom stereocenters. The Labute approximate surface area is 130 Å². The molecule has 2 N–H and O–H groups in total. The highest BCUT2D eigenvalue weighted by Crippen LogP contribution is 2.35. The van der Waals surface area contributed by atoms with E-state index in [9.17, 15) is 18.0 Å². The summed E-state index contributed by atoms with van der Waals surface area (Å²) in [5, 5.41) is 0. The Morgan fingerprint density at radius 3 is 2.74 bits per heavy atom. The quantitative estimate of drug-likeness (QED) is 0.920. The van der Waals surface area contributed by atoms with Gasteiger partial charge in [0.2, 0.25) is 0 Å². The first-order chi connectivity index (χ1) is 10.8. The molecular formula is C15H15F3N4O. The Bertz CT molecular complexity index is 781. The summed E-state index contributed by atoms with van der Waals surface area (Å²) in [6, 6.07) is 3.79. The average Bonchev–Trinajstić information content (AvgIpc) is 2.48. The van der Waals surface area contributed by atoms with Crippen molar-refractivity contribution in [3.63, 3.8) is 0 Å². The first-order valence-electron chi connectivity index (χ1n) is 7.18. The molecule has 1 amide bonds. The molecule has 0 radical (unpaired) electrons. The summed E-state index contributed by atoms with van der Waals surface area (Å²) >= 11 is 0. The first-order valence-corrected chi connectivity index (χ1v) is 7.18. The fourth-order valence-corrected chi connectivity index (χ4v) is 2.68. The normalized spacial score (nSPS) is 20.7. The van der Waals surface area contributed by atoms with Crippen LogP contribution in [0, 0.1) is 11.7 Å². The Morgan fingerprint density at radius 1 is 1.35 bits per heavy atom. The number of piperidine rings is 1. The van der Waals surface area contributed by atoms with E-state index >= 15 is 0 Å². The predicted molar refractivity (Wildman–Crippen MR) is 79.0 cm³/mol. The van der Waals surface area contributed by atoms with Gasteiger partial charge >= 0.3 is 0 Å². The van der Waals surface area contributed by atoms with Gasteiger partial charge in [-0.1, -0.05) is 6.92 Å². The summed E-state index contributed by atoms with van der Waals surface area (Å²) in [4.78, 5) is 21.6. The van der Waals surface area contributed by atoms with Crippen LogP contribution in [0.25, 0.3) is 11.0 Å². The van der Waals surface area contributed by atoms with Gasteiger partial charge in [0.15, 0.2) is 11.5 Å². The molecule has 0 spiro atoms. The summed E-state index contributed by atoms with van der Waals surface area (Å²) < 4.78 is 40.6. The number of carbonyl (C=O) groups excluding carboxylic acids is 1. The number of nitrogens with two attached hydrogens (primary N) is 1. The summed E-state index contributed by atoms with van der Waals surface area (Å²) in [6.45, 7) is 1.52. The van der Waals surface area contributed by atoms with Gasteiger partial charge in [-0.15, -0.1) is 0 Å². The van der Waals surface area contributed by atoms with Gasteiger partial charge in [0, 0.05) is 31.5 Å². The standard InChI is InChI=1S/C15H15F3N4O/c1-8-7-22(5-4-15(8,17)18)14-12(13(19)23)20-11-6-9(16)2-3-10(11)21-14/h2-3,6,8H,4-5,7H2,1H3,(H2,19,23). The average molecular weight is 324 g/mol. The maximum atomic E-state index is 13.6. The van der Waals surface area contributed by atoms with Gasteiger partial charge in [0.05, 0.1) is 11.0 Å². The van der Waals surface area contributed by atoms with Crippen LogP contribution in [-0.4, -0.2) is 34.9 Å². The van der Waals surface area contributed by atoms with Crippen LogP contribution in [0.5, 0.6) is 0 Å². The zero-order valence-corrected chi connectivity index (χ0v) is 12.4. The first kappa shape index (κ1) is 15.5. The van der Waals surface area contributed by atoms with Crippen LogP contribution in [0.15, 0.2) is 18.2 Å². The van der Waals surface area contributed by atoms with Crippen molar-refractivity contribution in [2.75, 3.05) is 18.0 Å². The molecule has 1 aliphatic heterocycles. The third kappa shape index (κ3) is 2.80. The number of amides is 1. The number of alkyl halides is 2. The van der Waals surface area contributed by atoms with Crippen LogP contribution in [0.1, 0.15) is 23.8 Å². The molecule has 2 heterocycles. The number of hydrogen-bond donors (Lipinski definition) is 1. The Hall–Kier alpha value is -2.38. The van der Waals surface area contributed by atoms with Gasteiger partial charge < -0.3 is 10.6 Å². The number of nitrogens with zero attached hydrogens (tertiary/aromatic N) is 3. The van der Waals surface area contributed by atoms with Crippen molar-refractivity contribution in [1.82, 2.24) is 9.97 Å². The molecule has 5 nitrogen and oxygen atoms in total. The summed E-state index contributed by atoms with van der Waals surface area (Å²) in [5.41, 5.74) is 5.75. The number of primary amides is 1. The smallest absolute Gasteiger partial charge is 0.271 e. The van der Waals surface area contributed by atoms with Gasteiger partial charge in [0.25, 0.3) is 11.8 Å². The largest absolute Gasteiger partial charge is 0.364 e. The molecule has 0 aliphatic carbocycles. The van der Waals surface area contributed by atoms with Crippen LogP contribution in [0.2, 0.25) is 0 Å². The van der Waals surface area contributed by atoms with Gasteiger partial charge in [-0.3, -0.25) is 4.79 Å². The molecule has 1 fully saturated rings. The van der Waals surface area contributed by atoms with E-state index in [0.29, 0.717) is 5.52 Å². The van der Waals surface area contributed by atoms with E-state index in [1.807, 2.05) is 0 Å². The van der Waals surface area contributed by atoms with Gasteiger partial charge in [0.1, 0.15) is 5.82 Å². The number of anilines is 1. The lowest BCUT2D eigenvalue weighted by atomic mass is 9.95. The molecule has 1 atom stereocenters. The minimum Gasteiger partial charge on any atom is -0.364 e. The predicted octanol–water partition coefficient (Wildman–Crippen LogP) is 2.35. The Balaban J connectivity index is 2.07. The molecule has 1 aromatic heterocycles. The fraction of sp³-hybridized carbons (Fsp3) is 0.400. The monoisotopic (exact) mass is 324 g/mol. The molecule has 8 heteroatoms. The SMILES string of the molecule is CC1CN(c2nc3ccc(F)cc3nc2C(N)=O)CCC1(F)F. The lowest BCUT2D eigenvalue weighted by Gasteiger charge is -2.37. The second-order valence-corrected chi connectivity index (χ2v) is 5.75. The van der Waals surface area contributed by atoms with E-state index in [1.54, 1.807) is 4.90 Å². The zero-order valence-electron chi connectivity index (χ0n) is 12.4. The third-order valence-electron chi connectivity index (χ3n) is 4.07. The number of aromatic nitrogens is 2. The van der Waals surface area contributed by atoms with Gasteiger partial charge in [-0.25, -0.2) is 23.1 Å². The van der Waals surface area contributed by atoms with E-state index in [4.69, 9.17) is 5.73 Å². The van der Waals surface area contributed by atoms with Crippen molar-refractivity contribution in [1.29, 1.82) is 0 Å². The van der Waals surface area contributed by atoms with Crippen LogP contribution in [0.3, 0.4) is 0 Å². The topological polar surface area (TPSA) is 72.1 Å². The number of carbonyl (C=O) groups is 1. The molecule has 0 saturated carbocycles. The second-order valence-electron chi connectivity index (χ2n) is 5.75. The number of rotatable bonds is 2. The molecule has 3 rings (SSSR count). The fourth-order valence-electron chi connectivity index (χ4n) is 2.68. The Kier molecular flexibility index (Phi) is 3.62. The van der Waals surface area contributed by atoms with Crippen LogP contribution < -0.4 is 10.6 Å². The summed E-state index contributed by atoms with van der Waals surface area (Å²) in [6.07, 6.45) is -0.338. The third-order valence-corrected chi connectivity index (χ3v) is 4.07. The zero-order chi connectivity index (χ0) is 16.8. The number of fused-ring (bicyclic) bond motifs is 1. The van der Waals surface area contributed by atoms with Crippen molar-refractivity contribution in [2.24, 2.45) is 11.7 Å². The van der Waals surface area contributed by atoms with Crippen molar-refractivity contribution >= 4 is 22.8 Å². The maximum Gasteiger partial charge on any atom is 0.271 e. The molecular weight excluding hydrogens is 309 g/mol. The minimum atomic E-state index is -2.75. The van der Waals surface area contributed by atoms with E-state index in [2.05, 4.69) is 9.97 Å². The lowest BCUT2D eigenvalue weighted by molar-refractivity contribution is -0.0652.